The lowest BCUT2D eigenvalue weighted by Crippen LogP contribution is -2.37. The second-order valence-electron chi connectivity index (χ2n) is 4.74. The number of rotatable bonds is 4. The molecule has 2 rings (SSSR count). The Labute approximate surface area is 113 Å². The molecule has 1 fully saturated rings. The molecule has 6 heteroatoms. The zero-order chi connectivity index (χ0) is 13.1. The van der Waals surface area contributed by atoms with Gasteiger partial charge in [-0.25, -0.2) is 0 Å². The highest BCUT2D eigenvalue weighted by molar-refractivity contribution is 7.80. The minimum absolute atomic E-state index is 0.0954. The number of amides is 1. The molecule has 0 aliphatic carbocycles. The van der Waals surface area contributed by atoms with Gasteiger partial charge in [-0.2, -0.15) is 17.7 Å². The van der Waals surface area contributed by atoms with Crippen LogP contribution in [0.2, 0.25) is 0 Å². The summed E-state index contributed by atoms with van der Waals surface area (Å²) in [6.45, 7) is 3.81. The van der Waals surface area contributed by atoms with Crippen molar-refractivity contribution in [2.75, 3.05) is 23.7 Å². The lowest BCUT2D eigenvalue weighted by Gasteiger charge is -2.18. The Morgan fingerprint density at radius 3 is 3.06 bits per heavy atom. The third kappa shape index (κ3) is 2.98. The zero-order valence-corrected chi connectivity index (χ0v) is 11.8. The highest BCUT2D eigenvalue weighted by Crippen LogP contribution is 2.20. The molecule has 1 aromatic rings. The van der Waals surface area contributed by atoms with E-state index in [-0.39, 0.29) is 11.9 Å². The Balaban J connectivity index is 1.92. The van der Waals surface area contributed by atoms with Crippen molar-refractivity contribution >= 4 is 24.4 Å². The first-order valence-corrected chi connectivity index (χ1v) is 6.89. The Bertz CT molecular complexity index is 432. The first kappa shape index (κ1) is 13.3. The second-order valence-corrected chi connectivity index (χ2v) is 5.19. The molecular weight excluding hydrogens is 248 g/mol. The molecule has 0 spiro atoms. The first-order valence-electron chi connectivity index (χ1n) is 6.26. The fraction of sp³-hybridized carbons (Fsp3) is 0.667. The number of carbonyl (C=O) groups excluding carboxylic acids is 1. The molecule has 2 heterocycles. The number of nitrogens with one attached hydrogen (secondary N) is 1. The van der Waals surface area contributed by atoms with Crippen molar-refractivity contribution in [3.8, 4) is 0 Å². The SMILES string of the molecule is Cc1cc(N2CCC(NC(=O)CCS)C2)n(C)n1. The van der Waals surface area contributed by atoms with E-state index in [9.17, 15) is 4.79 Å². The average Bonchev–Trinajstić information content (AvgIpc) is 2.85. The van der Waals surface area contributed by atoms with Crippen LogP contribution in [-0.2, 0) is 11.8 Å². The summed E-state index contributed by atoms with van der Waals surface area (Å²) in [7, 11) is 1.95. The van der Waals surface area contributed by atoms with Crippen LogP contribution in [0, 0.1) is 6.92 Å². The quantitative estimate of drug-likeness (QED) is 0.792. The van der Waals surface area contributed by atoms with Gasteiger partial charge in [0.05, 0.1) is 5.69 Å². The van der Waals surface area contributed by atoms with Crippen LogP contribution in [0.15, 0.2) is 6.07 Å². The van der Waals surface area contributed by atoms with Crippen molar-refractivity contribution in [1.82, 2.24) is 15.1 Å². The number of aryl methyl sites for hydroxylation is 2. The molecule has 0 bridgehead atoms. The summed E-state index contributed by atoms with van der Waals surface area (Å²) < 4.78 is 1.90. The van der Waals surface area contributed by atoms with Crippen LogP contribution in [0.4, 0.5) is 5.82 Å². The van der Waals surface area contributed by atoms with Gasteiger partial charge in [0.2, 0.25) is 5.91 Å². The summed E-state index contributed by atoms with van der Waals surface area (Å²) in [5, 5.41) is 7.40. The van der Waals surface area contributed by atoms with E-state index in [4.69, 9.17) is 0 Å². The van der Waals surface area contributed by atoms with Gasteiger partial charge in [0.25, 0.3) is 0 Å². The summed E-state index contributed by atoms with van der Waals surface area (Å²) >= 11 is 4.06. The van der Waals surface area contributed by atoms with Crippen molar-refractivity contribution in [3.63, 3.8) is 0 Å². The van der Waals surface area contributed by atoms with Crippen LogP contribution in [0.25, 0.3) is 0 Å². The number of aromatic nitrogens is 2. The Kier molecular flexibility index (Phi) is 4.16. The summed E-state index contributed by atoms with van der Waals surface area (Å²) in [6.07, 6.45) is 1.48. The standard InChI is InChI=1S/C12H20N4OS/c1-9-7-12(15(2)14-9)16-5-3-10(8-16)13-11(17)4-6-18/h7,10,18H,3-6,8H2,1-2H3,(H,13,17). The highest BCUT2D eigenvalue weighted by atomic mass is 32.1. The van der Waals surface area contributed by atoms with Crippen LogP contribution in [-0.4, -0.2) is 40.6 Å². The van der Waals surface area contributed by atoms with Crippen molar-refractivity contribution in [2.45, 2.75) is 25.8 Å². The summed E-state index contributed by atoms with van der Waals surface area (Å²) in [6, 6.07) is 2.32. The maximum atomic E-state index is 11.5. The van der Waals surface area contributed by atoms with E-state index >= 15 is 0 Å². The average molecular weight is 268 g/mol. The van der Waals surface area contributed by atoms with Gasteiger partial charge in [0, 0.05) is 38.7 Å². The van der Waals surface area contributed by atoms with E-state index in [1.54, 1.807) is 0 Å². The van der Waals surface area contributed by atoms with Gasteiger partial charge in [0.1, 0.15) is 5.82 Å². The molecule has 5 nitrogen and oxygen atoms in total. The fourth-order valence-electron chi connectivity index (χ4n) is 2.38. The molecule has 0 saturated carbocycles. The lowest BCUT2D eigenvalue weighted by molar-refractivity contribution is -0.121. The van der Waals surface area contributed by atoms with Crippen molar-refractivity contribution < 1.29 is 4.79 Å². The van der Waals surface area contributed by atoms with Crippen LogP contribution < -0.4 is 10.2 Å². The van der Waals surface area contributed by atoms with E-state index in [1.807, 2.05) is 18.7 Å². The monoisotopic (exact) mass is 268 g/mol. The van der Waals surface area contributed by atoms with Gasteiger partial charge in [-0.1, -0.05) is 0 Å². The topological polar surface area (TPSA) is 50.2 Å². The minimum Gasteiger partial charge on any atom is -0.355 e. The predicted molar refractivity (Wildman–Crippen MR) is 75.2 cm³/mol. The largest absolute Gasteiger partial charge is 0.355 e. The molecular formula is C12H20N4OS. The molecule has 0 radical (unpaired) electrons. The molecule has 1 N–H and O–H groups in total. The van der Waals surface area contributed by atoms with E-state index in [0.29, 0.717) is 12.2 Å². The molecule has 1 atom stereocenters. The number of hydrogen-bond acceptors (Lipinski definition) is 4. The Morgan fingerprint density at radius 1 is 1.67 bits per heavy atom. The van der Waals surface area contributed by atoms with E-state index < -0.39 is 0 Å². The summed E-state index contributed by atoms with van der Waals surface area (Å²) in [5.41, 5.74) is 1.02. The van der Waals surface area contributed by atoms with Crippen LogP contribution in [0.3, 0.4) is 0 Å². The van der Waals surface area contributed by atoms with Gasteiger partial charge in [0.15, 0.2) is 0 Å². The number of nitrogens with zero attached hydrogens (tertiary/aromatic N) is 3. The number of thiol groups is 1. The molecule has 0 aromatic carbocycles. The maximum Gasteiger partial charge on any atom is 0.221 e. The predicted octanol–water partition coefficient (Wildman–Crippen LogP) is 0.743. The molecule has 1 amide bonds. The third-order valence-electron chi connectivity index (χ3n) is 3.19. The maximum absolute atomic E-state index is 11.5. The molecule has 100 valence electrons. The van der Waals surface area contributed by atoms with Crippen molar-refractivity contribution in [2.24, 2.45) is 7.05 Å². The number of anilines is 1. The van der Waals surface area contributed by atoms with E-state index in [2.05, 4.69) is 34.0 Å². The number of carbonyl (C=O) groups is 1. The Hall–Kier alpha value is -1.17. The number of hydrogen-bond donors (Lipinski definition) is 2. The molecule has 18 heavy (non-hydrogen) atoms. The van der Waals surface area contributed by atoms with E-state index in [1.165, 1.54) is 0 Å². The van der Waals surface area contributed by atoms with Gasteiger partial charge in [-0.15, -0.1) is 0 Å². The third-order valence-corrected chi connectivity index (χ3v) is 3.42. The Morgan fingerprint density at radius 2 is 2.44 bits per heavy atom. The normalized spacial score (nSPS) is 19.3. The highest BCUT2D eigenvalue weighted by Gasteiger charge is 2.25. The van der Waals surface area contributed by atoms with Crippen LogP contribution in [0.1, 0.15) is 18.5 Å². The van der Waals surface area contributed by atoms with Crippen molar-refractivity contribution in [1.29, 1.82) is 0 Å². The molecule has 1 aliphatic rings. The van der Waals surface area contributed by atoms with Crippen LogP contribution in [0.5, 0.6) is 0 Å². The first-order chi connectivity index (χ1) is 8.60. The summed E-state index contributed by atoms with van der Waals surface area (Å²) in [5.74, 6) is 1.82. The van der Waals surface area contributed by atoms with Gasteiger partial charge >= 0.3 is 0 Å². The van der Waals surface area contributed by atoms with Crippen molar-refractivity contribution in [3.05, 3.63) is 11.8 Å². The second kappa shape index (κ2) is 5.65. The summed E-state index contributed by atoms with van der Waals surface area (Å²) in [4.78, 5) is 13.8. The van der Waals surface area contributed by atoms with Gasteiger partial charge in [-0.05, 0) is 19.1 Å². The van der Waals surface area contributed by atoms with Gasteiger partial charge < -0.3 is 10.2 Å². The van der Waals surface area contributed by atoms with Crippen LogP contribution >= 0.6 is 12.6 Å². The lowest BCUT2D eigenvalue weighted by atomic mass is 10.2. The zero-order valence-electron chi connectivity index (χ0n) is 10.9. The smallest absolute Gasteiger partial charge is 0.221 e. The van der Waals surface area contributed by atoms with Gasteiger partial charge in [-0.3, -0.25) is 9.48 Å². The molecule has 1 unspecified atom stereocenters. The minimum atomic E-state index is 0.0954. The van der Waals surface area contributed by atoms with E-state index in [0.717, 1.165) is 31.0 Å². The molecule has 1 aromatic heterocycles. The molecule has 1 saturated heterocycles. The molecule has 1 aliphatic heterocycles. The fourth-order valence-corrected chi connectivity index (χ4v) is 2.58.